The van der Waals surface area contributed by atoms with Gasteiger partial charge in [0.05, 0.1) is 5.75 Å². The largest absolute Gasteiger partial charge is 0.370 e. The number of anilines is 1. The number of sulfonamides is 1. The summed E-state index contributed by atoms with van der Waals surface area (Å²) in [7, 11) is -3.30. The summed E-state index contributed by atoms with van der Waals surface area (Å²) in [5.41, 5.74) is 4.43. The smallest absolute Gasteiger partial charge is 0.215 e. The van der Waals surface area contributed by atoms with Crippen molar-refractivity contribution in [3.63, 3.8) is 0 Å². The van der Waals surface area contributed by atoms with Gasteiger partial charge in [-0.1, -0.05) is 42.5 Å². The van der Waals surface area contributed by atoms with Gasteiger partial charge < -0.3 is 4.90 Å². The van der Waals surface area contributed by atoms with Crippen LogP contribution in [0.15, 0.2) is 48.5 Å². The van der Waals surface area contributed by atoms with Crippen molar-refractivity contribution in [2.24, 2.45) is 0 Å². The second kappa shape index (κ2) is 6.72. The van der Waals surface area contributed by atoms with Gasteiger partial charge in [0.2, 0.25) is 10.0 Å². The van der Waals surface area contributed by atoms with Crippen LogP contribution in [0.5, 0.6) is 0 Å². The Balaban J connectivity index is 1.55. The van der Waals surface area contributed by atoms with Crippen molar-refractivity contribution in [1.29, 1.82) is 0 Å². The molecule has 0 unspecified atom stereocenters. The van der Waals surface area contributed by atoms with Gasteiger partial charge in [-0.05, 0) is 36.1 Å². The summed E-state index contributed by atoms with van der Waals surface area (Å²) in [5.74, 6) is 0.0380. The molecule has 0 spiro atoms. The molecule has 122 valence electrons. The molecular weight excluding hydrogens is 308 g/mol. The van der Waals surface area contributed by atoms with Gasteiger partial charge in [-0.15, -0.1) is 0 Å². The predicted octanol–water partition coefficient (Wildman–Crippen LogP) is 2.48. The fourth-order valence-electron chi connectivity index (χ4n) is 3.00. The molecule has 0 aromatic heterocycles. The maximum atomic E-state index is 12.2. The van der Waals surface area contributed by atoms with Crippen molar-refractivity contribution in [2.45, 2.75) is 19.1 Å². The van der Waals surface area contributed by atoms with Crippen LogP contribution in [-0.2, 0) is 22.2 Å². The molecule has 0 aliphatic carbocycles. The topological polar surface area (TPSA) is 49.4 Å². The molecule has 1 N–H and O–H groups in total. The highest BCUT2D eigenvalue weighted by molar-refractivity contribution is 7.88. The lowest BCUT2D eigenvalue weighted by molar-refractivity contribution is 0.580. The molecule has 2 aromatic carbocycles. The number of aryl methyl sites for hydroxylation is 1. The van der Waals surface area contributed by atoms with E-state index in [9.17, 15) is 8.42 Å². The van der Waals surface area contributed by atoms with E-state index in [1.807, 2.05) is 43.3 Å². The van der Waals surface area contributed by atoms with Crippen LogP contribution in [0.25, 0.3) is 0 Å². The molecule has 23 heavy (non-hydrogen) atoms. The van der Waals surface area contributed by atoms with E-state index >= 15 is 0 Å². The van der Waals surface area contributed by atoms with Crippen molar-refractivity contribution in [1.82, 2.24) is 4.72 Å². The average molecular weight is 330 g/mol. The van der Waals surface area contributed by atoms with Crippen molar-refractivity contribution in [3.05, 3.63) is 65.2 Å². The Morgan fingerprint density at radius 1 is 1.09 bits per heavy atom. The fourth-order valence-corrected chi connectivity index (χ4v) is 4.24. The SMILES string of the molecule is Cc1ccccc1CS(=O)(=O)NCCN1CCc2ccccc21. The molecule has 0 fully saturated rings. The molecule has 0 bridgehead atoms. The molecule has 1 aliphatic heterocycles. The normalized spacial score (nSPS) is 14.0. The molecule has 3 rings (SSSR count). The summed E-state index contributed by atoms with van der Waals surface area (Å²) in [6, 6.07) is 15.9. The van der Waals surface area contributed by atoms with Crippen LogP contribution in [0, 0.1) is 6.92 Å². The summed E-state index contributed by atoms with van der Waals surface area (Å²) in [6.07, 6.45) is 1.03. The first-order valence-corrected chi connectivity index (χ1v) is 9.55. The lowest BCUT2D eigenvalue weighted by Crippen LogP contribution is -2.34. The summed E-state index contributed by atoms with van der Waals surface area (Å²) >= 11 is 0. The molecule has 0 atom stereocenters. The lowest BCUT2D eigenvalue weighted by atomic mass is 10.1. The number of hydrogen-bond acceptors (Lipinski definition) is 3. The fraction of sp³-hybridized carbons (Fsp3) is 0.333. The molecule has 2 aromatic rings. The van der Waals surface area contributed by atoms with Gasteiger partial charge >= 0.3 is 0 Å². The highest BCUT2D eigenvalue weighted by Gasteiger charge is 2.19. The van der Waals surface area contributed by atoms with E-state index in [1.54, 1.807) is 0 Å². The molecular formula is C18H22N2O2S. The van der Waals surface area contributed by atoms with Crippen molar-refractivity contribution < 1.29 is 8.42 Å². The first kappa shape index (κ1) is 16.0. The first-order valence-electron chi connectivity index (χ1n) is 7.90. The number of nitrogens with zero attached hydrogens (tertiary/aromatic N) is 1. The quantitative estimate of drug-likeness (QED) is 0.885. The number of fused-ring (bicyclic) bond motifs is 1. The third-order valence-electron chi connectivity index (χ3n) is 4.29. The van der Waals surface area contributed by atoms with Crippen LogP contribution in [-0.4, -0.2) is 28.1 Å². The Bertz CT molecular complexity index is 787. The highest BCUT2D eigenvalue weighted by atomic mass is 32.2. The van der Waals surface area contributed by atoms with Crippen LogP contribution < -0.4 is 9.62 Å². The molecule has 0 saturated carbocycles. The molecule has 4 nitrogen and oxygen atoms in total. The molecule has 0 amide bonds. The third-order valence-corrected chi connectivity index (χ3v) is 5.63. The summed E-state index contributed by atoms with van der Waals surface area (Å²) in [4.78, 5) is 2.24. The van der Waals surface area contributed by atoms with E-state index < -0.39 is 10.0 Å². The predicted molar refractivity (Wildman–Crippen MR) is 94.2 cm³/mol. The maximum absolute atomic E-state index is 12.2. The minimum atomic E-state index is -3.30. The molecule has 0 radical (unpaired) electrons. The van der Waals surface area contributed by atoms with Crippen LogP contribution in [0.3, 0.4) is 0 Å². The van der Waals surface area contributed by atoms with Crippen LogP contribution >= 0.6 is 0 Å². The molecule has 0 saturated heterocycles. The van der Waals surface area contributed by atoms with Gasteiger partial charge in [-0.25, -0.2) is 13.1 Å². The number of hydrogen-bond donors (Lipinski definition) is 1. The van der Waals surface area contributed by atoms with E-state index in [0.29, 0.717) is 13.1 Å². The summed E-state index contributed by atoms with van der Waals surface area (Å²) in [5, 5.41) is 0. The Kier molecular flexibility index (Phi) is 4.68. The van der Waals surface area contributed by atoms with Gasteiger partial charge in [0.15, 0.2) is 0 Å². The van der Waals surface area contributed by atoms with Crippen LogP contribution in [0.2, 0.25) is 0 Å². The Morgan fingerprint density at radius 2 is 1.83 bits per heavy atom. The van der Waals surface area contributed by atoms with Crippen molar-refractivity contribution in [2.75, 3.05) is 24.5 Å². The van der Waals surface area contributed by atoms with Crippen LogP contribution in [0.1, 0.15) is 16.7 Å². The maximum Gasteiger partial charge on any atom is 0.215 e. The number of para-hydroxylation sites is 1. The number of benzene rings is 2. The zero-order valence-corrected chi connectivity index (χ0v) is 14.1. The summed E-state index contributed by atoms with van der Waals surface area (Å²) in [6.45, 7) is 4.03. The van der Waals surface area contributed by atoms with Gasteiger partial charge in [0.1, 0.15) is 0 Å². The molecule has 5 heteroatoms. The molecule has 1 heterocycles. The first-order chi connectivity index (χ1) is 11.1. The minimum absolute atomic E-state index is 0.0380. The third kappa shape index (κ3) is 3.92. The van der Waals surface area contributed by atoms with Crippen molar-refractivity contribution >= 4 is 15.7 Å². The van der Waals surface area contributed by atoms with Crippen LogP contribution in [0.4, 0.5) is 5.69 Å². The van der Waals surface area contributed by atoms with E-state index in [-0.39, 0.29) is 5.75 Å². The standard InChI is InChI=1S/C18H22N2O2S/c1-15-6-2-3-8-17(15)14-23(21,22)19-11-13-20-12-10-16-7-4-5-9-18(16)20/h2-9,19H,10-14H2,1H3. The lowest BCUT2D eigenvalue weighted by Gasteiger charge is -2.19. The Hall–Kier alpha value is -1.85. The van der Waals surface area contributed by atoms with Gasteiger partial charge in [0, 0.05) is 25.3 Å². The monoisotopic (exact) mass is 330 g/mol. The molecule has 1 aliphatic rings. The van der Waals surface area contributed by atoms with Gasteiger partial charge in [-0.3, -0.25) is 0 Å². The zero-order chi connectivity index (χ0) is 16.3. The zero-order valence-electron chi connectivity index (χ0n) is 13.3. The van der Waals surface area contributed by atoms with E-state index in [1.165, 1.54) is 11.3 Å². The summed E-state index contributed by atoms with van der Waals surface area (Å²) < 4.78 is 27.2. The van der Waals surface area contributed by atoms with Gasteiger partial charge in [0.25, 0.3) is 0 Å². The Labute approximate surface area is 138 Å². The van der Waals surface area contributed by atoms with E-state index in [2.05, 4.69) is 21.8 Å². The second-order valence-electron chi connectivity index (χ2n) is 5.95. The average Bonchev–Trinajstić information content (AvgIpc) is 2.93. The van der Waals surface area contributed by atoms with Crippen molar-refractivity contribution in [3.8, 4) is 0 Å². The number of rotatable bonds is 6. The van der Waals surface area contributed by atoms with E-state index in [4.69, 9.17) is 0 Å². The second-order valence-corrected chi connectivity index (χ2v) is 7.75. The minimum Gasteiger partial charge on any atom is -0.370 e. The highest BCUT2D eigenvalue weighted by Crippen LogP contribution is 2.26. The van der Waals surface area contributed by atoms with E-state index in [0.717, 1.165) is 24.1 Å². The Morgan fingerprint density at radius 3 is 2.65 bits per heavy atom. The number of nitrogens with one attached hydrogen (secondary N) is 1. The van der Waals surface area contributed by atoms with Gasteiger partial charge in [-0.2, -0.15) is 0 Å².